The summed E-state index contributed by atoms with van der Waals surface area (Å²) in [6.07, 6.45) is 0. The van der Waals surface area contributed by atoms with Crippen LogP contribution in [0.5, 0.6) is 0 Å². The Balaban J connectivity index is 1.66. The maximum atomic E-state index is 6.10. The molecule has 0 bridgehead atoms. The van der Waals surface area contributed by atoms with Gasteiger partial charge < -0.3 is 9.32 Å². The van der Waals surface area contributed by atoms with Crippen molar-refractivity contribution in [1.29, 1.82) is 0 Å². The average molecular weight is 392 g/mol. The van der Waals surface area contributed by atoms with E-state index in [2.05, 4.69) is 29.2 Å². The predicted molar refractivity (Wildman–Crippen MR) is 115 cm³/mol. The Hall–Kier alpha value is -2.62. The van der Waals surface area contributed by atoms with E-state index in [-0.39, 0.29) is 0 Å². The fraction of sp³-hybridized carbons (Fsp3) is 0.0870. The first-order chi connectivity index (χ1) is 13.2. The summed E-state index contributed by atoms with van der Waals surface area (Å²) >= 11 is 11.9. The molecule has 0 aliphatic carbocycles. The van der Waals surface area contributed by atoms with Crippen LogP contribution in [0.15, 0.2) is 89.3 Å². The highest BCUT2D eigenvalue weighted by atomic mass is 35.5. The molecule has 1 heterocycles. The van der Waals surface area contributed by atoms with Gasteiger partial charge in [-0.25, -0.2) is 0 Å². The van der Waals surface area contributed by atoms with Gasteiger partial charge in [-0.15, -0.1) is 0 Å². The summed E-state index contributed by atoms with van der Waals surface area (Å²) in [4.78, 5) is 2.86. The molecule has 0 N–H and O–H groups in total. The van der Waals surface area contributed by atoms with Gasteiger partial charge in [0.05, 0.1) is 0 Å². The van der Waals surface area contributed by atoms with Crippen LogP contribution in [0.2, 0.25) is 5.02 Å². The number of hydrogen-bond acceptors (Lipinski definition) is 2. The van der Waals surface area contributed by atoms with E-state index in [1.165, 1.54) is 11.1 Å². The molecule has 0 aliphatic rings. The van der Waals surface area contributed by atoms with Gasteiger partial charge in [0.25, 0.3) is 0 Å². The maximum absolute atomic E-state index is 6.10. The lowest BCUT2D eigenvalue weighted by Crippen LogP contribution is -2.29. The van der Waals surface area contributed by atoms with Crippen molar-refractivity contribution in [3.8, 4) is 0 Å². The minimum absolute atomic E-state index is 0.686. The first-order valence-electron chi connectivity index (χ1n) is 8.75. The van der Waals surface area contributed by atoms with Gasteiger partial charge in [0, 0.05) is 23.5 Å². The zero-order valence-corrected chi connectivity index (χ0v) is 16.2. The van der Waals surface area contributed by atoms with Crippen molar-refractivity contribution in [2.45, 2.75) is 13.1 Å². The van der Waals surface area contributed by atoms with Crippen LogP contribution in [0.1, 0.15) is 16.9 Å². The fourth-order valence-electron chi connectivity index (χ4n) is 3.08. The third-order valence-corrected chi connectivity index (χ3v) is 5.10. The van der Waals surface area contributed by atoms with Crippen LogP contribution in [0.4, 0.5) is 0 Å². The van der Waals surface area contributed by atoms with E-state index in [9.17, 15) is 0 Å². The zero-order valence-electron chi connectivity index (χ0n) is 14.6. The normalized spacial score (nSPS) is 10.9. The van der Waals surface area contributed by atoms with Crippen molar-refractivity contribution in [2.75, 3.05) is 0 Å². The number of furan rings is 1. The van der Waals surface area contributed by atoms with Gasteiger partial charge in [0.15, 0.2) is 5.76 Å². The molecule has 134 valence electrons. The fourth-order valence-corrected chi connectivity index (χ4v) is 3.49. The molecule has 0 radical (unpaired) electrons. The average Bonchev–Trinajstić information content (AvgIpc) is 3.11. The van der Waals surface area contributed by atoms with Crippen LogP contribution in [0, 0.1) is 0 Å². The molecule has 4 rings (SSSR count). The van der Waals surface area contributed by atoms with Gasteiger partial charge in [-0.2, -0.15) is 0 Å². The van der Waals surface area contributed by atoms with E-state index < -0.39 is 0 Å². The van der Waals surface area contributed by atoms with Crippen molar-refractivity contribution in [3.05, 3.63) is 107 Å². The second-order valence-electron chi connectivity index (χ2n) is 6.43. The molecule has 0 unspecified atom stereocenters. The van der Waals surface area contributed by atoms with Gasteiger partial charge in [0.2, 0.25) is 0 Å². The van der Waals surface area contributed by atoms with Crippen molar-refractivity contribution >= 4 is 39.8 Å². The van der Waals surface area contributed by atoms with E-state index in [0.29, 0.717) is 28.9 Å². The topological polar surface area (TPSA) is 16.4 Å². The molecular formula is C23H18ClNOS. The lowest BCUT2D eigenvalue weighted by atomic mass is 10.1. The van der Waals surface area contributed by atoms with E-state index >= 15 is 0 Å². The second-order valence-corrected chi connectivity index (χ2v) is 7.25. The molecule has 1 aromatic heterocycles. The molecule has 0 saturated carbocycles. The van der Waals surface area contributed by atoms with Crippen LogP contribution < -0.4 is 0 Å². The third-order valence-electron chi connectivity index (χ3n) is 4.41. The lowest BCUT2D eigenvalue weighted by Gasteiger charge is -2.24. The highest BCUT2D eigenvalue weighted by molar-refractivity contribution is 7.80. The maximum Gasteiger partial charge on any atom is 0.162 e. The monoisotopic (exact) mass is 391 g/mol. The Morgan fingerprint density at radius 3 is 2.00 bits per heavy atom. The molecule has 0 spiro atoms. The van der Waals surface area contributed by atoms with Crippen molar-refractivity contribution < 1.29 is 4.42 Å². The molecule has 27 heavy (non-hydrogen) atoms. The second kappa shape index (κ2) is 7.95. The molecule has 0 atom stereocenters. The molecular weight excluding hydrogens is 374 g/mol. The Bertz CT molecular complexity index is 1020. The van der Waals surface area contributed by atoms with Crippen molar-refractivity contribution in [1.82, 2.24) is 4.90 Å². The molecule has 3 aromatic carbocycles. The van der Waals surface area contributed by atoms with E-state index in [0.717, 1.165) is 11.0 Å². The first kappa shape index (κ1) is 17.8. The van der Waals surface area contributed by atoms with Crippen LogP contribution in [0.3, 0.4) is 0 Å². The lowest BCUT2D eigenvalue weighted by molar-refractivity contribution is 0.406. The number of hydrogen-bond donors (Lipinski definition) is 0. The Labute approximate surface area is 169 Å². The number of rotatable bonds is 5. The van der Waals surface area contributed by atoms with Crippen LogP contribution in [-0.4, -0.2) is 9.89 Å². The minimum atomic E-state index is 0.686. The largest absolute Gasteiger partial charge is 0.454 e. The predicted octanol–water partition coefficient (Wildman–Crippen LogP) is 6.46. The number of fused-ring (bicyclic) bond motifs is 1. The van der Waals surface area contributed by atoms with E-state index in [1.54, 1.807) is 0 Å². The molecule has 0 aliphatic heterocycles. The molecule has 4 aromatic rings. The molecule has 0 amide bonds. The molecule has 0 saturated heterocycles. The van der Waals surface area contributed by atoms with Crippen molar-refractivity contribution in [3.63, 3.8) is 0 Å². The smallest absolute Gasteiger partial charge is 0.162 e. The summed E-state index contributed by atoms with van der Waals surface area (Å²) in [5.74, 6) is 0.689. The minimum Gasteiger partial charge on any atom is -0.454 e. The van der Waals surface area contributed by atoms with E-state index in [1.807, 2.05) is 60.7 Å². The Kier molecular flexibility index (Phi) is 5.23. The van der Waals surface area contributed by atoms with Gasteiger partial charge >= 0.3 is 0 Å². The summed E-state index contributed by atoms with van der Waals surface area (Å²) in [6, 6.07) is 28.2. The van der Waals surface area contributed by atoms with Gasteiger partial charge in [0.1, 0.15) is 10.6 Å². The summed E-state index contributed by atoms with van der Waals surface area (Å²) in [6.45, 7) is 1.43. The van der Waals surface area contributed by atoms with Crippen LogP contribution in [0.25, 0.3) is 11.0 Å². The SMILES string of the molecule is S=C(c1cc2cc(Cl)ccc2o1)N(Cc1ccccc1)Cc1ccccc1. The number of nitrogens with zero attached hydrogens (tertiary/aromatic N) is 1. The highest BCUT2D eigenvalue weighted by Gasteiger charge is 2.17. The summed E-state index contributed by atoms with van der Waals surface area (Å²) in [5.41, 5.74) is 3.20. The molecule has 0 fully saturated rings. The first-order valence-corrected chi connectivity index (χ1v) is 9.54. The summed E-state index contributed by atoms with van der Waals surface area (Å²) < 4.78 is 6.00. The number of thiocarbonyl (C=S) groups is 1. The summed E-state index contributed by atoms with van der Waals surface area (Å²) in [7, 11) is 0. The Morgan fingerprint density at radius 1 is 0.815 bits per heavy atom. The number of benzene rings is 3. The Morgan fingerprint density at radius 2 is 1.41 bits per heavy atom. The van der Waals surface area contributed by atoms with Gasteiger partial charge in [-0.1, -0.05) is 84.5 Å². The van der Waals surface area contributed by atoms with Gasteiger partial charge in [-0.3, -0.25) is 0 Å². The molecule has 2 nitrogen and oxygen atoms in total. The number of halogens is 1. The summed E-state index contributed by atoms with van der Waals surface area (Å²) in [5, 5.41) is 1.64. The highest BCUT2D eigenvalue weighted by Crippen LogP contribution is 2.25. The third kappa shape index (κ3) is 4.21. The van der Waals surface area contributed by atoms with Crippen LogP contribution >= 0.6 is 23.8 Å². The standard InChI is InChI=1S/C23H18ClNOS/c24-20-11-12-21-19(13-20)14-22(26-21)23(27)25(15-17-7-3-1-4-8-17)16-18-9-5-2-6-10-18/h1-14H,15-16H2. The van der Waals surface area contributed by atoms with Crippen molar-refractivity contribution in [2.24, 2.45) is 0 Å². The quantitative estimate of drug-likeness (QED) is 0.363. The zero-order chi connectivity index (χ0) is 18.6. The van der Waals surface area contributed by atoms with Crippen LogP contribution in [-0.2, 0) is 13.1 Å². The van der Waals surface area contributed by atoms with Gasteiger partial charge in [-0.05, 0) is 35.4 Å². The molecule has 4 heteroatoms. The van der Waals surface area contributed by atoms with E-state index in [4.69, 9.17) is 28.2 Å².